The molecule has 11 aromatic rings. The van der Waals surface area contributed by atoms with Crippen molar-refractivity contribution in [2.75, 3.05) is 10.3 Å². The lowest BCUT2D eigenvalue weighted by Gasteiger charge is -2.26. The Kier molecular flexibility index (Phi) is 9.85. The molecule has 0 spiro atoms. The second-order valence-electron chi connectivity index (χ2n) is 15.7. The summed E-state index contributed by atoms with van der Waals surface area (Å²) in [5, 5.41) is 9.70. The maximum absolute atomic E-state index is 5.01. The number of nitrogens with zero attached hydrogens (tertiary/aromatic N) is 3. The number of fused-ring (bicyclic) bond motifs is 4. The summed E-state index contributed by atoms with van der Waals surface area (Å²) < 4.78 is 2.37. The van der Waals surface area contributed by atoms with Gasteiger partial charge in [-0.15, -0.1) is 0 Å². The van der Waals surface area contributed by atoms with Crippen LogP contribution in [0.5, 0.6) is 0 Å². The first-order valence-electron chi connectivity index (χ1n) is 21.4. The lowest BCUT2D eigenvalue weighted by atomic mass is 9.97. The van der Waals surface area contributed by atoms with Gasteiger partial charge in [0.2, 0.25) is 0 Å². The molecule has 0 aliphatic heterocycles. The zero-order valence-electron chi connectivity index (χ0n) is 34.5. The van der Waals surface area contributed by atoms with Gasteiger partial charge in [-0.3, -0.25) is 5.43 Å². The van der Waals surface area contributed by atoms with Gasteiger partial charge in [0.25, 0.3) is 0 Å². The fourth-order valence-electron chi connectivity index (χ4n) is 8.88. The largest absolute Gasteiger partial charge is 0.310 e. The standard InChI is InChI=1S/C59H42N4/c1-5-17-42(18-6-1)43-29-33-48(34-30-43)62(50-37-40-58-55(41-50)54-27-15-16-28-57(54)63(58)47-23-11-4-12-24-47)49-35-31-44(32-36-49)51-38-39-56(53-26-14-13-25-52(51)53)60-61-59(45-19-7-2-8-20-45)46-21-9-3-10-22-46/h1-41,60H. The molecule has 0 amide bonds. The third-order valence-electron chi connectivity index (χ3n) is 11.9. The van der Waals surface area contributed by atoms with Crippen molar-refractivity contribution in [3.8, 4) is 27.9 Å². The molecule has 4 nitrogen and oxygen atoms in total. The van der Waals surface area contributed by atoms with Crippen LogP contribution in [0.4, 0.5) is 22.7 Å². The van der Waals surface area contributed by atoms with Crippen molar-refractivity contribution < 1.29 is 0 Å². The third-order valence-corrected chi connectivity index (χ3v) is 11.9. The predicted molar refractivity (Wildman–Crippen MR) is 266 cm³/mol. The van der Waals surface area contributed by atoms with Gasteiger partial charge in [-0.05, 0) is 94.4 Å². The van der Waals surface area contributed by atoms with Crippen LogP contribution in [0, 0.1) is 0 Å². The van der Waals surface area contributed by atoms with E-state index in [0.29, 0.717) is 0 Å². The maximum Gasteiger partial charge on any atom is 0.0977 e. The molecule has 4 heteroatoms. The van der Waals surface area contributed by atoms with Gasteiger partial charge in [-0.1, -0.05) is 182 Å². The lowest BCUT2D eigenvalue weighted by Crippen LogP contribution is -2.10. The van der Waals surface area contributed by atoms with Crippen LogP contribution in [0.3, 0.4) is 0 Å². The van der Waals surface area contributed by atoms with E-state index >= 15 is 0 Å². The Morgan fingerprint density at radius 3 is 1.51 bits per heavy atom. The van der Waals surface area contributed by atoms with E-state index in [4.69, 9.17) is 5.10 Å². The summed E-state index contributed by atoms with van der Waals surface area (Å²) in [7, 11) is 0. The molecule has 0 bridgehead atoms. The molecule has 1 aromatic heterocycles. The molecule has 0 atom stereocenters. The summed E-state index contributed by atoms with van der Waals surface area (Å²) in [5.74, 6) is 0. The number of para-hydroxylation sites is 2. The van der Waals surface area contributed by atoms with E-state index in [1.807, 2.05) is 12.1 Å². The second-order valence-corrected chi connectivity index (χ2v) is 15.7. The zero-order valence-corrected chi connectivity index (χ0v) is 34.5. The van der Waals surface area contributed by atoms with Gasteiger partial charge in [0.1, 0.15) is 0 Å². The quantitative estimate of drug-likeness (QED) is 0.110. The number of rotatable bonds is 10. The molecular formula is C59H42N4. The van der Waals surface area contributed by atoms with Crippen molar-refractivity contribution in [3.63, 3.8) is 0 Å². The Morgan fingerprint density at radius 1 is 0.365 bits per heavy atom. The van der Waals surface area contributed by atoms with Crippen LogP contribution in [-0.2, 0) is 0 Å². The number of hydrazone groups is 1. The molecule has 63 heavy (non-hydrogen) atoms. The van der Waals surface area contributed by atoms with Crippen molar-refractivity contribution in [2.24, 2.45) is 5.10 Å². The number of aromatic nitrogens is 1. The molecule has 1 N–H and O–H groups in total. The first kappa shape index (κ1) is 37.5. The van der Waals surface area contributed by atoms with Crippen LogP contribution >= 0.6 is 0 Å². The summed E-state index contributed by atoms with van der Waals surface area (Å²) in [5.41, 5.74) is 18.8. The molecule has 1 heterocycles. The van der Waals surface area contributed by atoms with Crippen LogP contribution in [0.25, 0.3) is 60.5 Å². The highest BCUT2D eigenvalue weighted by Crippen LogP contribution is 2.41. The van der Waals surface area contributed by atoms with Gasteiger partial charge >= 0.3 is 0 Å². The van der Waals surface area contributed by atoms with Crippen molar-refractivity contribution in [2.45, 2.75) is 0 Å². The van der Waals surface area contributed by atoms with Crippen LogP contribution in [0.2, 0.25) is 0 Å². The minimum absolute atomic E-state index is 0.889. The molecule has 298 valence electrons. The van der Waals surface area contributed by atoms with Crippen molar-refractivity contribution >= 4 is 61.0 Å². The summed E-state index contributed by atoms with van der Waals surface area (Å²) in [6, 6.07) is 88.2. The van der Waals surface area contributed by atoms with E-state index in [1.54, 1.807) is 0 Å². The number of hydrogen-bond acceptors (Lipinski definition) is 3. The van der Waals surface area contributed by atoms with Crippen LogP contribution < -0.4 is 10.3 Å². The van der Waals surface area contributed by atoms with Gasteiger partial charge in [-0.2, -0.15) is 5.10 Å². The smallest absolute Gasteiger partial charge is 0.0977 e. The monoisotopic (exact) mass is 806 g/mol. The van der Waals surface area contributed by atoms with Crippen molar-refractivity contribution in [1.82, 2.24) is 4.57 Å². The third kappa shape index (κ3) is 7.20. The topological polar surface area (TPSA) is 32.6 Å². The predicted octanol–water partition coefficient (Wildman–Crippen LogP) is 15.6. The highest BCUT2D eigenvalue weighted by Gasteiger charge is 2.18. The van der Waals surface area contributed by atoms with E-state index in [2.05, 4.69) is 251 Å². The Hall–Kier alpha value is -8.47. The Balaban J connectivity index is 0.988. The lowest BCUT2D eigenvalue weighted by molar-refractivity contribution is 1.18. The molecule has 0 fully saturated rings. The number of nitrogens with one attached hydrogen (secondary N) is 1. The van der Waals surface area contributed by atoms with Gasteiger partial charge in [-0.25, -0.2) is 0 Å². The highest BCUT2D eigenvalue weighted by atomic mass is 15.3. The number of benzene rings is 10. The van der Waals surface area contributed by atoms with E-state index in [1.165, 1.54) is 32.9 Å². The van der Waals surface area contributed by atoms with E-state index in [9.17, 15) is 0 Å². The first-order valence-corrected chi connectivity index (χ1v) is 21.4. The molecule has 0 radical (unpaired) electrons. The van der Waals surface area contributed by atoms with Crippen LogP contribution in [0.1, 0.15) is 11.1 Å². The molecule has 0 aliphatic rings. The highest BCUT2D eigenvalue weighted by molar-refractivity contribution is 6.14. The SMILES string of the molecule is c1ccc(C(=NNc2ccc(-c3ccc(N(c4ccc(-c5ccccc5)cc4)c4ccc5c(c4)c4ccccc4n5-c4ccccc4)cc3)c3ccccc23)c2ccccc2)cc1. The summed E-state index contributed by atoms with van der Waals surface area (Å²) in [4.78, 5) is 2.37. The summed E-state index contributed by atoms with van der Waals surface area (Å²) >= 11 is 0. The Morgan fingerprint density at radius 2 is 0.857 bits per heavy atom. The molecule has 0 aliphatic carbocycles. The van der Waals surface area contributed by atoms with Crippen LogP contribution in [0.15, 0.2) is 254 Å². The molecule has 0 saturated heterocycles. The van der Waals surface area contributed by atoms with Gasteiger partial charge < -0.3 is 9.47 Å². The van der Waals surface area contributed by atoms with E-state index in [0.717, 1.165) is 67.2 Å². The van der Waals surface area contributed by atoms with Crippen molar-refractivity contribution in [3.05, 3.63) is 260 Å². The second kappa shape index (κ2) is 16.5. The fraction of sp³-hybridized carbons (Fsp3) is 0. The van der Waals surface area contributed by atoms with E-state index in [-0.39, 0.29) is 0 Å². The Labute approximate surface area is 367 Å². The Bertz CT molecular complexity index is 3330. The minimum Gasteiger partial charge on any atom is -0.310 e. The van der Waals surface area contributed by atoms with Crippen LogP contribution in [-0.4, -0.2) is 10.3 Å². The number of hydrogen-bond donors (Lipinski definition) is 1. The minimum atomic E-state index is 0.889. The number of anilines is 4. The summed E-state index contributed by atoms with van der Waals surface area (Å²) in [6.07, 6.45) is 0. The molecule has 0 saturated carbocycles. The van der Waals surface area contributed by atoms with Crippen molar-refractivity contribution in [1.29, 1.82) is 0 Å². The van der Waals surface area contributed by atoms with Gasteiger partial charge in [0.05, 0.1) is 22.4 Å². The van der Waals surface area contributed by atoms with Gasteiger partial charge in [0.15, 0.2) is 0 Å². The molecule has 10 aromatic carbocycles. The van der Waals surface area contributed by atoms with Gasteiger partial charge in [0, 0.05) is 50.0 Å². The summed E-state index contributed by atoms with van der Waals surface area (Å²) in [6.45, 7) is 0. The van der Waals surface area contributed by atoms with E-state index < -0.39 is 0 Å². The fourth-order valence-corrected chi connectivity index (χ4v) is 8.88. The average molecular weight is 807 g/mol. The molecule has 0 unspecified atom stereocenters. The first-order chi connectivity index (χ1) is 31.3. The zero-order chi connectivity index (χ0) is 42.0. The maximum atomic E-state index is 5.01. The average Bonchev–Trinajstić information content (AvgIpc) is 3.69. The normalized spacial score (nSPS) is 11.2. The molecular weight excluding hydrogens is 765 g/mol. The molecule has 11 rings (SSSR count).